The molecule has 1 heterocycles. The van der Waals surface area contributed by atoms with Crippen LogP contribution in [0.4, 0.5) is 0 Å². The van der Waals surface area contributed by atoms with E-state index in [1.54, 1.807) is 31.4 Å². The van der Waals surface area contributed by atoms with Gasteiger partial charge in [0.15, 0.2) is 5.78 Å². The number of ketones is 1. The van der Waals surface area contributed by atoms with Gasteiger partial charge in [-0.25, -0.2) is 0 Å². The van der Waals surface area contributed by atoms with Crippen LogP contribution in [0.15, 0.2) is 65.1 Å². The largest absolute Gasteiger partial charge is 0.496 e. The number of hydrogen-bond acceptors (Lipinski definition) is 4. The Labute approximate surface area is 175 Å². The summed E-state index contributed by atoms with van der Waals surface area (Å²) in [5.74, 6) is 1.42. The van der Waals surface area contributed by atoms with Crippen LogP contribution in [0.3, 0.4) is 0 Å². The van der Waals surface area contributed by atoms with Crippen LogP contribution in [0.1, 0.15) is 20.8 Å². The minimum atomic E-state index is -0.0744. The Bertz CT molecular complexity index is 981. The lowest BCUT2D eigenvalue weighted by atomic mass is 10.1. The molecule has 0 fully saturated rings. The maximum atomic E-state index is 12.2. The predicted molar refractivity (Wildman–Crippen MR) is 114 cm³/mol. The van der Waals surface area contributed by atoms with Crippen molar-refractivity contribution in [3.05, 3.63) is 85.5 Å². The van der Waals surface area contributed by atoms with E-state index in [-0.39, 0.29) is 5.78 Å². The van der Waals surface area contributed by atoms with Crippen molar-refractivity contribution in [3.8, 4) is 11.5 Å². The van der Waals surface area contributed by atoms with Crippen LogP contribution in [0, 0.1) is 0 Å². The fraction of sp³-hybridized carbons (Fsp3) is 0.0952. The van der Waals surface area contributed by atoms with Crippen LogP contribution >= 0.6 is 38.9 Å². The number of rotatable bonds is 7. The van der Waals surface area contributed by atoms with Crippen molar-refractivity contribution in [2.75, 3.05) is 7.11 Å². The van der Waals surface area contributed by atoms with Gasteiger partial charge in [-0.2, -0.15) is 0 Å². The van der Waals surface area contributed by atoms with E-state index < -0.39 is 0 Å². The van der Waals surface area contributed by atoms with Gasteiger partial charge in [0.2, 0.25) is 0 Å². The van der Waals surface area contributed by atoms with E-state index in [4.69, 9.17) is 21.1 Å². The third-order valence-electron chi connectivity index (χ3n) is 3.74. The van der Waals surface area contributed by atoms with Crippen molar-refractivity contribution < 1.29 is 14.3 Å². The molecule has 0 aliphatic carbocycles. The van der Waals surface area contributed by atoms with Crippen LogP contribution in [0.5, 0.6) is 11.5 Å². The molecule has 0 radical (unpaired) electrons. The van der Waals surface area contributed by atoms with Gasteiger partial charge in [0.05, 0.1) is 16.3 Å². The first-order chi connectivity index (χ1) is 13.0. The Hall–Kier alpha value is -2.08. The lowest BCUT2D eigenvalue weighted by molar-refractivity contribution is 0.105. The van der Waals surface area contributed by atoms with E-state index in [1.165, 1.54) is 11.3 Å². The second-order valence-corrected chi connectivity index (χ2v) is 8.25. The van der Waals surface area contributed by atoms with E-state index in [9.17, 15) is 4.79 Å². The maximum absolute atomic E-state index is 12.2. The zero-order valence-electron chi connectivity index (χ0n) is 14.4. The molecule has 0 atom stereocenters. The quantitative estimate of drug-likeness (QED) is 0.291. The fourth-order valence-electron chi connectivity index (χ4n) is 2.43. The van der Waals surface area contributed by atoms with E-state index in [2.05, 4.69) is 15.9 Å². The number of halogens is 2. The minimum Gasteiger partial charge on any atom is -0.496 e. The summed E-state index contributed by atoms with van der Waals surface area (Å²) in [7, 11) is 1.62. The third kappa shape index (κ3) is 5.45. The molecule has 0 bridgehead atoms. The van der Waals surface area contributed by atoms with Crippen molar-refractivity contribution in [2.24, 2.45) is 0 Å². The van der Waals surface area contributed by atoms with E-state index in [0.29, 0.717) is 15.8 Å². The van der Waals surface area contributed by atoms with Crippen LogP contribution in [-0.4, -0.2) is 12.9 Å². The van der Waals surface area contributed by atoms with Gasteiger partial charge in [-0.15, -0.1) is 11.3 Å². The van der Waals surface area contributed by atoms with Crippen LogP contribution in [0.25, 0.3) is 6.08 Å². The molecule has 0 N–H and O–H groups in total. The first-order valence-electron chi connectivity index (χ1n) is 8.08. The van der Waals surface area contributed by atoms with Gasteiger partial charge in [0.1, 0.15) is 18.1 Å². The zero-order chi connectivity index (χ0) is 19.2. The molecule has 0 amide bonds. The van der Waals surface area contributed by atoms with Crippen molar-refractivity contribution in [1.29, 1.82) is 0 Å². The molecule has 1 aromatic heterocycles. The molecule has 0 aliphatic rings. The molecule has 0 saturated heterocycles. The molecule has 0 unspecified atom stereocenters. The highest BCUT2D eigenvalue weighted by Crippen LogP contribution is 2.25. The normalized spacial score (nSPS) is 10.9. The molecule has 0 spiro atoms. The van der Waals surface area contributed by atoms with E-state index in [0.717, 1.165) is 27.1 Å². The molecule has 27 heavy (non-hydrogen) atoms. The lowest BCUT2D eigenvalue weighted by Gasteiger charge is -2.11. The predicted octanol–water partition coefficient (Wildman–Crippen LogP) is 6.65. The second-order valence-electron chi connectivity index (χ2n) is 5.62. The number of benzene rings is 2. The molecule has 3 rings (SSSR count). The van der Waals surface area contributed by atoms with E-state index >= 15 is 0 Å². The number of thiophene rings is 1. The second kappa shape index (κ2) is 9.22. The SMILES string of the molecule is COc1ccc(/C=C/C(=O)c2ccc(Cl)s2)cc1COc1cccc(Br)c1. The monoisotopic (exact) mass is 462 g/mol. The number of methoxy groups -OCH3 is 1. The van der Waals surface area contributed by atoms with Crippen LogP contribution < -0.4 is 9.47 Å². The van der Waals surface area contributed by atoms with Crippen molar-refractivity contribution in [1.82, 2.24) is 0 Å². The fourth-order valence-corrected chi connectivity index (χ4v) is 3.78. The van der Waals surface area contributed by atoms with Gasteiger partial charge in [-0.1, -0.05) is 45.7 Å². The summed E-state index contributed by atoms with van der Waals surface area (Å²) < 4.78 is 12.8. The Morgan fingerprint density at radius 2 is 2.04 bits per heavy atom. The molecule has 6 heteroatoms. The highest BCUT2D eigenvalue weighted by Gasteiger charge is 2.07. The summed E-state index contributed by atoms with van der Waals surface area (Å²) in [4.78, 5) is 12.8. The highest BCUT2D eigenvalue weighted by atomic mass is 79.9. The molecule has 3 nitrogen and oxygen atoms in total. The summed E-state index contributed by atoms with van der Waals surface area (Å²) in [6, 6.07) is 16.8. The smallest absolute Gasteiger partial charge is 0.195 e. The molecule has 138 valence electrons. The van der Waals surface area contributed by atoms with Gasteiger partial charge in [0, 0.05) is 10.0 Å². The highest BCUT2D eigenvalue weighted by molar-refractivity contribution is 9.10. The Balaban J connectivity index is 1.74. The van der Waals surface area contributed by atoms with Gasteiger partial charge < -0.3 is 9.47 Å². The summed E-state index contributed by atoms with van der Waals surface area (Å²) in [5.41, 5.74) is 1.78. The molecular weight excluding hydrogens is 448 g/mol. The lowest BCUT2D eigenvalue weighted by Crippen LogP contribution is -1.99. The minimum absolute atomic E-state index is 0.0744. The molecule has 3 aromatic rings. The van der Waals surface area contributed by atoms with Crippen molar-refractivity contribution in [2.45, 2.75) is 6.61 Å². The summed E-state index contributed by atoms with van der Waals surface area (Å²) in [6.45, 7) is 0.357. The summed E-state index contributed by atoms with van der Waals surface area (Å²) in [6.07, 6.45) is 3.32. The van der Waals surface area contributed by atoms with Crippen LogP contribution in [0.2, 0.25) is 4.34 Å². The molecular formula is C21H16BrClO3S. The van der Waals surface area contributed by atoms with Crippen molar-refractivity contribution >= 4 is 50.7 Å². The number of allylic oxidation sites excluding steroid dienone is 1. The molecule has 2 aromatic carbocycles. The Morgan fingerprint density at radius 3 is 2.74 bits per heavy atom. The Morgan fingerprint density at radius 1 is 1.19 bits per heavy atom. The maximum Gasteiger partial charge on any atom is 0.195 e. The van der Waals surface area contributed by atoms with Gasteiger partial charge in [0.25, 0.3) is 0 Å². The van der Waals surface area contributed by atoms with Gasteiger partial charge in [-0.05, 0) is 54.1 Å². The topological polar surface area (TPSA) is 35.5 Å². The van der Waals surface area contributed by atoms with Crippen LogP contribution in [-0.2, 0) is 6.61 Å². The zero-order valence-corrected chi connectivity index (χ0v) is 17.6. The average molecular weight is 464 g/mol. The first-order valence-corrected chi connectivity index (χ1v) is 10.1. The average Bonchev–Trinajstić information content (AvgIpc) is 3.11. The Kier molecular flexibility index (Phi) is 6.72. The van der Waals surface area contributed by atoms with Gasteiger partial charge >= 0.3 is 0 Å². The standard InChI is InChI=1S/C21H16BrClO3S/c1-25-19-8-6-14(5-7-18(24)20-9-10-21(23)27-20)11-15(19)13-26-17-4-2-3-16(22)12-17/h2-12H,13H2,1H3/b7-5+. The third-order valence-corrected chi connectivity index (χ3v) is 5.48. The number of carbonyl (C=O) groups is 1. The van der Waals surface area contributed by atoms with E-state index in [1.807, 2.05) is 42.5 Å². The number of ether oxygens (including phenoxy) is 2. The molecule has 0 aliphatic heterocycles. The van der Waals surface area contributed by atoms with Crippen molar-refractivity contribution in [3.63, 3.8) is 0 Å². The number of carbonyl (C=O) groups excluding carboxylic acids is 1. The summed E-state index contributed by atoms with van der Waals surface area (Å²) >= 11 is 10.6. The summed E-state index contributed by atoms with van der Waals surface area (Å²) in [5, 5.41) is 0. The number of hydrogen-bond donors (Lipinski definition) is 0. The van der Waals surface area contributed by atoms with Gasteiger partial charge in [-0.3, -0.25) is 4.79 Å². The first kappa shape index (κ1) is 19.7. The molecule has 0 saturated carbocycles.